The lowest BCUT2D eigenvalue weighted by Crippen LogP contribution is -2.44. The standard InChI is InChI=1S/C23H27FN6O2/c1-29-13-15-30(16-14-29)12-4-11-25-23-28-27-22(32-23)17-7-9-18(10-8-17)26-21(31)19-5-2-3-6-20(19)24/h2-3,5-10H,4,11-16H2,1H3,(H,25,28)(H,26,31). The third-order valence-corrected chi connectivity index (χ3v) is 5.46. The number of hydrogen-bond donors (Lipinski definition) is 2. The van der Waals surface area contributed by atoms with Crippen molar-refractivity contribution in [3.63, 3.8) is 0 Å². The summed E-state index contributed by atoms with van der Waals surface area (Å²) in [5.74, 6) is -0.675. The van der Waals surface area contributed by atoms with E-state index in [4.69, 9.17) is 4.42 Å². The Morgan fingerprint density at radius 3 is 2.56 bits per heavy atom. The summed E-state index contributed by atoms with van der Waals surface area (Å²) in [6.45, 7) is 6.25. The first kappa shape index (κ1) is 21.9. The number of rotatable bonds is 8. The van der Waals surface area contributed by atoms with Gasteiger partial charge in [-0.05, 0) is 56.4 Å². The van der Waals surface area contributed by atoms with Gasteiger partial charge in [-0.3, -0.25) is 4.79 Å². The smallest absolute Gasteiger partial charge is 0.315 e. The van der Waals surface area contributed by atoms with Crippen molar-refractivity contribution in [3.8, 4) is 11.5 Å². The van der Waals surface area contributed by atoms with Crippen molar-refractivity contribution in [2.24, 2.45) is 0 Å². The summed E-state index contributed by atoms with van der Waals surface area (Å²) < 4.78 is 19.4. The van der Waals surface area contributed by atoms with Gasteiger partial charge in [0.05, 0.1) is 5.56 Å². The van der Waals surface area contributed by atoms with Crippen molar-refractivity contribution < 1.29 is 13.6 Å². The number of halogens is 1. The molecule has 4 rings (SSSR count). The van der Waals surface area contributed by atoms with Crippen molar-refractivity contribution in [3.05, 3.63) is 59.9 Å². The van der Waals surface area contributed by atoms with Gasteiger partial charge < -0.3 is 24.9 Å². The van der Waals surface area contributed by atoms with Crippen LogP contribution in [0.1, 0.15) is 16.8 Å². The zero-order valence-electron chi connectivity index (χ0n) is 18.1. The zero-order chi connectivity index (χ0) is 22.3. The topological polar surface area (TPSA) is 86.5 Å². The van der Waals surface area contributed by atoms with Crippen LogP contribution in [0.5, 0.6) is 0 Å². The van der Waals surface area contributed by atoms with Gasteiger partial charge in [0, 0.05) is 44.0 Å². The summed E-state index contributed by atoms with van der Waals surface area (Å²) in [6.07, 6.45) is 0.998. The molecule has 0 spiro atoms. The quantitative estimate of drug-likeness (QED) is 0.523. The minimum Gasteiger partial charge on any atom is -0.403 e. The molecule has 2 N–H and O–H groups in total. The number of carbonyl (C=O) groups excluding carboxylic acids is 1. The maximum absolute atomic E-state index is 13.8. The van der Waals surface area contributed by atoms with Crippen LogP contribution in [0.3, 0.4) is 0 Å². The Bertz CT molecular complexity index is 1030. The molecular formula is C23H27FN6O2. The number of anilines is 2. The number of carbonyl (C=O) groups is 1. The fraction of sp³-hybridized carbons (Fsp3) is 0.348. The summed E-state index contributed by atoms with van der Waals surface area (Å²) in [5.41, 5.74) is 1.27. The van der Waals surface area contributed by atoms with Crippen LogP contribution < -0.4 is 10.6 Å². The maximum atomic E-state index is 13.8. The third-order valence-electron chi connectivity index (χ3n) is 5.46. The number of aromatic nitrogens is 2. The van der Waals surface area contributed by atoms with Gasteiger partial charge in [-0.1, -0.05) is 17.2 Å². The predicted molar refractivity (Wildman–Crippen MR) is 121 cm³/mol. The molecule has 0 atom stereocenters. The molecule has 2 heterocycles. The van der Waals surface area contributed by atoms with Gasteiger partial charge in [0.15, 0.2) is 0 Å². The van der Waals surface area contributed by atoms with Crippen molar-refractivity contribution in [1.82, 2.24) is 20.0 Å². The summed E-state index contributed by atoms with van der Waals surface area (Å²) in [4.78, 5) is 17.0. The van der Waals surface area contributed by atoms with Crippen LogP contribution in [0.4, 0.5) is 16.1 Å². The molecule has 0 radical (unpaired) electrons. The summed E-state index contributed by atoms with van der Waals surface area (Å²) in [5, 5.41) is 14.0. The van der Waals surface area contributed by atoms with Crippen molar-refractivity contribution in [1.29, 1.82) is 0 Å². The number of nitrogens with zero attached hydrogens (tertiary/aromatic N) is 4. The molecule has 1 aliphatic heterocycles. The highest BCUT2D eigenvalue weighted by Crippen LogP contribution is 2.22. The summed E-state index contributed by atoms with van der Waals surface area (Å²) in [7, 11) is 2.15. The lowest BCUT2D eigenvalue weighted by Gasteiger charge is -2.32. The Labute approximate surface area is 186 Å². The highest BCUT2D eigenvalue weighted by atomic mass is 19.1. The number of benzene rings is 2. The van der Waals surface area contributed by atoms with E-state index < -0.39 is 11.7 Å². The molecule has 0 unspecified atom stereocenters. The van der Waals surface area contributed by atoms with Gasteiger partial charge in [-0.15, -0.1) is 5.10 Å². The van der Waals surface area contributed by atoms with Crippen LogP contribution in [0.2, 0.25) is 0 Å². The SMILES string of the molecule is CN1CCN(CCCNc2nnc(-c3ccc(NC(=O)c4ccccc4F)cc3)o2)CC1. The van der Waals surface area contributed by atoms with E-state index in [0.717, 1.165) is 51.3 Å². The number of amides is 1. The van der Waals surface area contributed by atoms with Crippen LogP contribution in [0.25, 0.3) is 11.5 Å². The van der Waals surface area contributed by atoms with E-state index in [1.54, 1.807) is 36.4 Å². The van der Waals surface area contributed by atoms with Crippen molar-refractivity contribution in [2.45, 2.75) is 6.42 Å². The van der Waals surface area contributed by atoms with Gasteiger partial charge in [0.2, 0.25) is 5.89 Å². The number of likely N-dealkylation sites (N-methyl/N-ethyl adjacent to an activating group) is 1. The van der Waals surface area contributed by atoms with E-state index in [-0.39, 0.29) is 5.56 Å². The van der Waals surface area contributed by atoms with Crippen LogP contribution in [-0.2, 0) is 0 Å². The fourth-order valence-corrected chi connectivity index (χ4v) is 3.52. The Kier molecular flexibility index (Phi) is 7.08. The van der Waals surface area contributed by atoms with E-state index in [0.29, 0.717) is 17.6 Å². The Morgan fingerprint density at radius 1 is 1.06 bits per heavy atom. The average Bonchev–Trinajstić information content (AvgIpc) is 3.28. The number of piperazine rings is 1. The van der Waals surface area contributed by atoms with Crippen molar-refractivity contribution >= 4 is 17.6 Å². The molecule has 1 amide bonds. The van der Waals surface area contributed by atoms with E-state index in [2.05, 4.69) is 37.7 Å². The normalized spacial score (nSPS) is 14.9. The van der Waals surface area contributed by atoms with Gasteiger partial charge in [0.1, 0.15) is 5.82 Å². The molecule has 1 aliphatic rings. The van der Waals surface area contributed by atoms with E-state index in [1.165, 1.54) is 12.1 Å². The first-order chi connectivity index (χ1) is 15.6. The second-order valence-electron chi connectivity index (χ2n) is 7.85. The summed E-state index contributed by atoms with van der Waals surface area (Å²) >= 11 is 0. The number of hydrogen-bond acceptors (Lipinski definition) is 7. The van der Waals surface area contributed by atoms with Crippen LogP contribution in [-0.4, -0.2) is 72.2 Å². The first-order valence-electron chi connectivity index (χ1n) is 10.7. The van der Waals surface area contributed by atoms with E-state index in [9.17, 15) is 9.18 Å². The minimum atomic E-state index is -0.559. The third kappa shape index (κ3) is 5.68. The van der Waals surface area contributed by atoms with Crippen LogP contribution in [0, 0.1) is 5.82 Å². The molecule has 0 bridgehead atoms. The van der Waals surface area contributed by atoms with Crippen molar-refractivity contribution in [2.75, 3.05) is 56.9 Å². The van der Waals surface area contributed by atoms with E-state index >= 15 is 0 Å². The Hall–Kier alpha value is -3.30. The fourth-order valence-electron chi connectivity index (χ4n) is 3.52. The first-order valence-corrected chi connectivity index (χ1v) is 10.7. The van der Waals surface area contributed by atoms with Gasteiger partial charge >= 0.3 is 6.01 Å². The van der Waals surface area contributed by atoms with Crippen LogP contribution >= 0.6 is 0 Å². The maximum Gasteiger partial charge on any atom is 0.315 e. The van der Waals surface area contributed by atoms with Gasteiger partial charge in [-0.2, -0.15) is 0 Å². The predicted octanol–water partition coefficient (Wildman–Crippen LogP) is 3.18. The molecule has 3 aromatic rings. The molecule has 1 saturated heterocycles. The molecule has 168 valence electrons. The monoisotopic (exact) mass is 438 g/mol. The molecule has 32 heavy (non-hydrogen) atoms. The second kappa shape index (κ2) is 10.3. The molecule has 2 aromatic carbocycles. The molecule has 0 aliphatic carbocycles. The Balaban J connectivity index is 1.26. The highest BCUT2D eigenvalue weighted by Gasteiger charge is 2.14. The van der Waals surface area contributed by atoms with Gasteiger partial charge in [0.25, 0.3) is 5.91 Å². The lowest BCUT2D eigenvalue weighted by molar-refractivity contribution is 0.102. The van der Waals surface area contributed by atoms with Crippen LogP contribution in [0.15, 0.2) is 52.9 Å². The minimum absolute atomic E-state index is 0.00295. The zero-order valence-corrected chi connectivity index (χ0v) is 18.1. The van der Waals surface area contributed by atoms with Gasteiger partial charge in [-0.25, -0.2) is 4.39 Å². The second-order valence-corrected chi connectivity index (χ2v) is 7.85. The summed E-state index contributed by atoms with van der Waals surface area (Å²) in [6, 6.07) is 13.2. The highest BCUT2D eigenvalue weighted by molar-refractivity contribution is 6.04. The lowest BCUT2D eigenvalue weighted by atomic mass is 10.1. The molecule has 8 nitrogen and oxygen atoms in total. The van der Waals surface area contributed by atoms with E-state index in [1.807, 2.05) is 0 Å². The molecule has 1 aromatic heterocycles. The molecule has 9 heteroatoms. The molecule has 1 fully saturated rings. The molecule has 0 saturated carbocycles. The molecular weight excluding hydrogens is 411 g/mol. The number of nitrogens with one attached hydrogen (secondary N) is 2. The largest absolute Gasteiger partial charge is 0.403 e. The Morgan fingerprint density at radius 2 is 1.81 bits per heavy atom. The average molecular weight is 439 g/mol.